The predicted molar refractivity (Wildman–Crippen MR) is 45.3 cm³/mol. The van der Waals surface area contributed by atoms with Crippen LogP contribution in [0.5, 0.6) is 0 Å². The number of aryl methyl sites for hydroxylation is 1. The quantitative estimate of drug-likeness (QED) is 0.692. The van der Waals surface area contributed by atoms with Crippen LogP contribution in [0.4, 0.5) is 0 Å². The molecule has 0 saturated heterocycles. The van der Waals surface area contributed by atoms with Crippen LogP contribution in [0.3, 0.4) is 0 Å². The molecule has 1 aromatic carbocycles. The number of hydrogen-bond donors (Lipinski definition) is 0. The van der Waals surface area contributed by atoms with Crippen LogP contribution in [0.2, 0.25) is 0 Å². The maximum absolute atomic E-state index is 2.21. The molecule has 65 valence electrons. The zero-order chi connectivity index (χ0) is 7.56. The van der Waals surface area contributed by atoms with E-state index >= 15 is 0 Å². The third-order valence-electron chi connectivity index (χ3n) is 1.74. The molecule has 0 nitrogen and oxygen atoms in total. The van der Waals surface area contributed by atoms with Gasteiger partial charge in [-0.2, -0.15) is 0 Å². The van der Waals surface area contributed by atoms with Crippen LogP contribution in [-0.2, 0) is 39.0 Å². The van der Waals surface area contributed by atoms with Gasteiger partial charge in [-0.1, -0.05) is 43.7 Å². The third-order valence-corrected chi connectivity index (χ3v) is 1.74. The molecule has 0 heterocycles. The fourth-order valence-electron chi connectivity index (χ4n) is 0.951. The van der Waals surface area contributed by atoms with Gasteiger partial charge < -0.3 is 0 Å². The second kappa shape index (κ2) is 6.93. The van der Waals surface area contributed by atoms with Gasteiger partial charge in [0.1, 0.15) is 0 Å². The van der Waals surface area contributed by atoms with Gasteiger partial charge in [-0.15, -0.1) is 0 Å². The van der Waals surface area contributed by atoms with Gasteiger partial charge in [0.2, 0.25) is 0 Å². The molecule has 0 fully saturated rings. The van der Waals surface area contributed by atoms with Crippen LogP contribution in [0, 0.1) is 6.92 Å². The Morgan fingerprint density at radius 1 is 1.00 bits per heavy atom. The minimum atomic E-state index is 0. The Kier molecular flexibility index (Phi) is 8.64. The van der Waals surface area contributed by atoms with Crippen molar-refractivity contribution in [2.45, 2.75) is 26.7 Å². The molecule has 0 aliphatic rings. The minimum Gasteiger partial charge on any atom is -0.0590 e. The van der Waals surface area contributed by atoms with E-state index in [9.17, 15) is 0 Å². The van der Waals surface area contributed by atoms with Crippen molar-refractivity contribution in [3.8, 4) is 0 Å². The Bertz CT molecular complexity index is 202. The summed E-state index contributed by atoms with van der Waals surface area (Å²) >= 11 is 0. The summed E-state index contributed by atoms with van der Waals surface area (Å²) in [5.41, 5.74) is 2.76. The summed E-state index contributed by atoms with van der Waals surface area (Å²) < 4.78 is 0. The second-order valence-corrected chi connectivity index (χ2v) is 3.07. The monoisotopic (exact) mass is 338 g/mol. The number of benzene rings is 1. The smallest absolute Gasteiger partial charge is 0.0590 e. The Balaban J connectivity index is 0. The normalized spacial score (nSPS) is 8.67. The standard InChI is InChI=1S/C10H14.2Ru/c1-8(2)10-6-4-9(3)5-7-10;;/h4-8H,1-3H3;;/q;+2;+3. The summed E-state index contributed by atoms with van der Waals surface area (Å²) in [7, 11) is 0. The van der Waals surface area contributed by atoms with Gasteiger partial charge >= 0.3 is 39.0 Å². The Labute approximate surface area is 101 Å². The summed E-state index contributed by atoms with van der Waals surface area (Å²) in [6, 6.07) is 8.71. The van der Waals surface area contributed by atoms with Gasteiger partial charge in [0, 0.05) is 0 Å². The molecule has 12 heavy (non-hydrogen) atoms. The summed E-state index contributed by atoms with van der Waals surface area (Å²) in [5, 5.41) is 0. The summed E-state index contributed by atoms with van der Waals surface area (Å²) in [4.78, 5) is 0. The van der Waals surface area contributed by atoms with Gasteiger partial charge in [0.15, 0.2) is 0 Å². The van der Waals surface area contributed by atoms with Crippen LogP contribution in [0.25, 0.3) is 0 Å². The Morgan fingerprint density at radius 3 is 1.75 bits per heavy atom. The zero-order valence-corrected chi connectivity index (χ0v) is 11.1. The van der Waals surface area contributed by atoms with E-state index in [4.69, 9.17) is 0 Å². The van der Waals surface area contributed by atoms with E-state index in [0.29, 0.717) is 5.92 Å². The molecular formula is C10H14Ru2+5. The SMILES string of the molecule is Cc1ccc(C(C)C)cc1.[Ru+2].[Ru+3]. The van der Waals surface area contributed by atoms with E-state index in [0.717, 1.165) is 0 Å². The van der Waals surface area contributed by atoms with Crippen LogP contribution in [-0.4, -0.2) is 0 Å². The molecule has 0 bridgehead atoms. The molecule has 0 N–H and O–H groups in total. The van der Waals surface area contributed by atoms with Crippen molar-refractivity contribution in [3.63, 3.8) is 0 Å². The predicted octanol–water partition coefficient (Wildman–Crippen LogP) is 3.11. The maximum atomic E-state index is 2.21. The van der Waals surface area contributed by atoms with E-state index in [1.165, 1.54) is 11.1 Å². The summed E-state index contributed by atoms with van der Waals surface area (Å²) in [6.45, 7) is 6.54. The van der Waals surface area contributed by atoms with E-state index in [1.807, 2.05) is 0 Å². The van der Waals surface area contributed by atoms with Crippen LogP contribution < -0.4 is 0 Å². The van der Waals surface area contributed by atoms with Crippen molar-refractivity contribution in [2.24, 2.45) is 0 Å². The topological polar surface area (TPSA) is 0 Å². The van der Waals surface area contributed by atoms with E-state index in [1.54, 1.807) is 0 Å². The molecule has 0 aromatic heterocycles. The average Bonchev–Trinajstić information content (AvgIpc) is 1.88. The van der Waals surface area contributed by atoms with Crippen LogP contribution in [0.1, 0.15) is 30.9 Å². The molecule has 1 rings (SSSR count). The van der Waals surface area contributed by atoms with E-state index in [2.05, 4.69) is 45.0 Å². The van der Waals surface area contributed by atoms with Crippen molar-refractivity contribution < 1.29 is 39.0 Å². The first-order valence-corrected chi connectivity index (χ1v) is 3.76. The zero-order valence-electron chi connectivity index (χ0n) is 7.59. The summed E-state index contributed by atoms with van der Waals surface area (Å²) in [6.07, 6.45) is 0. The van der Waals surface area contributed by atoms with E-state index in [-0.39, 0.29) is 39.0 Å². The Morgan fingerprint density at radius 2 is 1.42 bits per heavy atom. The van der Waals surface area contributed by atoms with Gasteiger partial charge in [-0.05, 0) is 18.4 Å². The number of hydrogen-bond acceptors (Lipinski definition) is 0. The second-order valence-electron chi connectivity index (χ2n) is 3.07. The van der Waals surface area contributed by atoms with Crippen LogP contribution >= 0.6 is 0 Å². The van der Waals surface area contributed by atoms with Crippen LogP contribution in [0.15, 0.2) is 24.3 Å². The third kappa shape index (κ3) is 4.48. The van der Waals surface area contributed by atoms with Gasteiger partial charge in [-0.3, -0.25) is 0 Å². The molecular weight excluding hydrogens is 322 g/mol. The molecule has 0 saturated carbocycles. The molecule has 0 aliphatic carbocycles. The van der Waals surface area contributed by atoms with Gasteiger partial charge in [-0.25, -0.2) is 0 Å². The summed E-state index contributed by atoms with van der Waals surface area (Å²) in [5.74, 6) is 0.653. The molecule has 0 atom stereocenters. The van der Waals surface area contributed by atoms with E-state index < -0.39 is 0 Å². The molecule has 2 heteroatoms. The average molecular weight is 336 g/mol. The molecule has 0 aliphatic heterocycles. The van der Waals surface area contributed by atoms with Crippen molar-refractivity contribution in [3.05, 3.63) is 35.4 Å². The van der Waals surface area contributed by atoms with Gasteiger partial charge in [0.25, 0.3) is 0 Å². The Hall–Kier alpha value is 0.467. The van der Waals surface area contributed by atoms with Crippen molar-refractivity contribution in [2.75, 3.05) is 0 Å². The largest absolute Gasteiger partial charge is 3.00 e. The number of rotatable bonds is 1. The molecule has 0 unspecified atom stereocenters. The molecule has 1 radical (unpaired) electrons. The molecule has 1 aromatic rings. The maximum Gasteiger partial charge on any atom is 3.00 e. The molecule has 0 spiro atoms. The first-order chi connectivity index (χ1) is 4.70. The van der Waals surface area contributed by atoms with Crippen molar-refractivity contribution in [1.82, 2.24) is 0 Å². The van der Waals surface area contributed by atoms with Crippen molar-refractivity contribution in [1.29, 1.82) is 0 Å². The minimum absolute atomic E-state index is 0. The van der Waals surface area contributed by atoms with Gasteiger partial charge in [0.05, 0.1) is 0 Å². The molecule has 0 amide bonds. The fraction of sp³-hybridized carbons (Fsp3) is 0.400. The fourth-order valence-corrected chi connectivity index (χ4v) is 0.951. The first-order valence-electron chi connectivity index (χ1n) is 3.76. The first kappa shape index (κ1) is 15.0. The van der Waals surface area contributed by atoms with Crippen molar-refractivity contribution >= 4 is 0 Å².